The Morgan fingerprint density at radius 2 is 0.531 bits per heavy atom. The summed E-state index contributed by atoms with van der Waals surface area (Å²) in [6.07, 6.45) is 0. The summed E-state index contributed by atoms with van der Waals surface area (Å²) in [7, 11) is 0. The Balaban J connectivity index is 0.913. The lowest BCUT2D eigenvalue weighted by Gasteiger charge is -2.18. The fourth-order valence-electron chi connectivity index (χ4n) is 13.9. The van der Waals surface area contributed by atoms with Crippen LogP contribution in [-0.2, 0) is 0 Å². The number of aromatic nitrogens is 5. The van der Waals surface area contributed by atoms with Crippen LogP contribution in [0.5, 0.6) is 0 Å². The Hall–Kier alpha value is -13.8. The Bertz CT molecular complexity index is 5610. The molecule has 8 nitrogen and oxygen atoms in total. The van der Waals surface area contributed by atoms with Crippen LogP contribution in [0.2, 0.25) is 0 Å². The molecule has 0 aliphatic carbocycles. The van der Waals surface area contributed by atoms with Crippen LogP contribution in [0.1, 0.15) is 16.7 Å². The molecule has 0 aliphatic rings. The maximum Gasteiger partial charge on any atom is 0.164 e. The maximum absolute atomic E-state index is 10.4. The molecule has 0 bridgehead atoms. The van der Waals surface area contributed by atoms with Gasteiger partial charge in [0.25, 0.3) is 0 Å². The lowest BCUT2D eigenvalue weighted by Crippen LogP contribution is -2.03. The number of hydrogen-bond donors (Lipinski definition) is 0. The Labute approximate surface area is 566 Å². The SMILES string of the molecule is N#Cc1cccc(-c2ccc(-c3nc(-c4ccc(-c5ccccc5C#N)cc4)nc(-c4ccc(-c5cccc(C#N)c5)c(-n5c6ccc(-c7ccccc7)cc6c6cc(-c7ccccc7)ccc65)c4)n3)cc2-n2c3ccc(-c4ccccc4)cc3c3cc(-c4ccccc4)ccc32)c1. The van der Waals surface area contributed by atoms with E-state index in [2.05, 4.69) is 246 Å². The largest absolute Gasteiger partial charge is 0.309 e. The molecule has 0 aliphatic heterocycles. The fourth-order valence-corrected chi connectivity index (χ4v) is 13.9. The smallest absolute Gasteiger partial charge is 0.164 e. The first kappa shape index (κ1) is 58.0. The molecule has 3 aromatic heterocycles. The second kappa shape index (κ2) is 24.6. The van der Waals surface area contributed by atoms with Crippen LogP contribution in [0.25, 0.3) is 167 Å². The minimum absolute atomic E-state index is 0.437. The molecule has 3 heterocycles. The van der Waals surface area contributed by atoms with Crippen molar-refractivity contribution in [2.45, 2.75) is 0 Å². The Morgan fingerprint density at radius 3 is 0.898 bits per heavy atom. The number of benzene rings is 14. The molecule has 0 spiro atoms. The predicted octanol–water partition coefficient (Wildman–Crippen LogP) is 22.4. The summed E-state index contributed by atoms with van der Waals surface area (Å²) in [5.41, 5.74) is 23.8. The monoisotopic (exact) mass is 1250 g/mol. The maximum atomic E-state index is 10.4. The Kier molecular flexibility index (Phi) is 14.5. The fraction of sp³-hybridized carbons (Fsp3) is 0. The molecular formula is C90H54N8. The normalized spacial score (nSPS) is 11.2. The summed E-state index contributed by atoms with van der Waals surface area (Å²) in [5, 5.41) is 35.3. The van der Waals surface area contributed by atoms with E-state index in [1.165, 1.54) is 0 Å². The highest BCUT2D eigenvalue weighted by Gasteiger charge is 2.24. The van der Waals surface area contributed by atoms with Gasteiger partial charge < -0.3 is 9.13 Å². The molecule has 8 heteroatoms. The van der Waals surface area contributed by atoms with Gasteiger partial charge in [-0.25, -0.2) is 15.0 Å². The van der Waals surface area contributed by atoms with Gasteiger partial charge in [0.05, 0.1) is 68.3 Å². The van der Waals surface area contributed by atoms with Crippen molar-refractivity contribution in [2.24, 2.45) is 0 Å². The quantitative estimate of drug-likeness (QED) is 0.120. The number of fused-ring (bicyclic) bond motifs is 6. The number of nitrogens with zero attached hydrogens (tertiary/aromatic N) is 8. The zero-order chi connectivity index (χ0) is 65.6. The molecule has 17 aromatic rings. The topological polar surface area (TPSA) is 120 Å². The van der Waals surface area contributed by atoms with Crippen LogP contribution in [0, 0.1) is 34.0 Å². The van der Waals surface area contributed by atoms with Crippen molar-refractivity contribution >= 4 is 43.6 Å². The second-order valence-electron chi connectivity index (χ2n) is 24.5. The van der Waals surface area contributed by atoms with Crippen LogP contribution in [-0.4, -0.2) is 24.1 Å². The molecule has 0 atom stereocenters. The van der Waals surface area contributed by atoms with E-state index in [0.29, 0.717) is 34.2 Å². The number of rotatable bonds is 12. The molecule has 0 fully saturated rings. The van der Waals surface area contributed by atoms with Gasteiger partial charge >= 0.3 is 0 Å². The van der Waals surface area contributed by atoms with E-state index in [-0.39, 0.29) is 0 Å². The minimum atomic E-state index is 0.437. The standard InChI is InChI=1S/C90H54N8/c91-55-58-17-15-28-70(47-58)76-41-35-72(53-86(76)97-82-43-37-66(60-19-5-1-6-20-60)49-78(82)79-50-67(38-44-83(79)97)61-21-7-2-8-22-61)89-94-88(65-33-31-64(32-34-65)75-30-14-13-27-74(75)57-93)95-90(96-89)73-36-42-77(71-29-16-18-59(48-71)56-92)87(54-73)98-84-45-39-68(62-23-9-3-10-24-62)51-80(84)81-52-69(40-46-85(81)98)63-25-11-4-12-26-63/h1-54H. The van der Waals surface area contributed by atoms with E-state index in [9.17, 15) is 15.8 Å². The summed E-state index contributed by atoms with van der Waals surface area (Å²) in [5.74, 6) is 1.32. The molecule has 0 radical (unpaired) electrons. The van der Waals surface area contributed by atoms with Gasteiger partial charge in [-0.15, -0.1) is 0 Å². The zero-order valence-corrected chi connectivity index (χ0v) is 52.8. The average molecular weight is 1250 g/mol. The van der Waals surface area contributed by atoms with Crippen molar-refractivity contribution in [1.82, 2.24) is 24.1 Å². The van der Waals surface area contributed by atoms with Crippen LogP contribution in [0.3, 0.4) is 0 Å². The van der Waals surface area contributed by atoms with E-state index in [1.54, 1.807) is 0 Å². The highest BCUT2D eigenvalue weighted by Crippen LogP contribution is 2.44. The first-order valence-electron chi connectivity index (χ1n) is 32.5. The number of nitriles is 3. The van der Waals surface area contributed by atoms with E-state index in [1.807, 2.05) is 109 Å². The van der Waals surface area contributed by atoms with Gasteiger partial charge in [-0.2, -0.15) is 15.8 Å². The van der Waals surface area contributed by atoms with Gasteiger partial charge in [-0.1, -0.05) is 237 Å². The summed E-state index contributed by atoms with van der Waals surface area (Å²) in [6.45, 7) is 0. The van der Waals surface area contributed by atoms with Crippen molar-refractivity contribution in [2.75, 3.05) is 0 Å². The van der Waals surface area contributed by atoms with Crippen LogP contribution in [0.15, 0.2) is 328 Å². The third kappa shape index (κ3) is 10.5. The molecule has 0 amide bonds. The lowest BCUT2D eigenvalue weighted by atomic mass is 9.98. The Morgan fingerprint density at radius 1 is 0.214 bits per heavy atom. The highest BCUT2D eigenvalue weighted by molar-refractivity contribution is 6.14. The van der Waals surface area contributed by atoms with Crippen molar-refractivity contribution in [3.63, 3.8) is 0 Å². The third-order valence-electron chi connectivity index (χ3n) is 18.7. The second-order valence-corrected chi connectivity index (χ2v) is 24.5. The first-order chi connectivity index (χ1) is 48.4. The predicted molar refractivity (Wildman–Crippen MR) is 397 cm³/mol. The molecule has 0 saturated carbocycles. The molecule has 454 valence electrons. The lowest BCUT2D eigenvalue weighted by molar-refractivity contribution is 1.07. The van der Waals surface area contributed by atoms with Crippen LogP contribution < -0.4 is 0 Å². The molecular weight excluding hydrogens is 1190 g/mol. The van der Waals surface area contributed by atoms with Crippen molar-refractivity contribution in [3.8, 4) is 142 Å². The first-order valence-corrected chi connectivity index (χ1v) is 32.5. The molecule has 17 rings (SSSR count). The van der Waals surface area contributed by atoms with Gasteiger partial charge in [0.15, 0.2) is 17.5 Å². The van der Waals surface area contributed by atoms with Crippen molar-refractivity contribution in [3.05, 3.63) is 344 Å². The van der Waals surface area contributed by atoms with Crippen LogP contribution in [0.4, 0.5) is 0 Å². The molecule has 14 aromatic carbocycles. The van der Waals surface area contributed by atoms with Crippen molar-refractivity contribution in [1.29, 1.82) is 15.8 Å². The molecule has 0 saturated heterocycles. The summed E-state index contributed by atoms with van der Waals surface area (Å²) in [4.78, 5) is 16.4. The third-order valence-corrected chi connectivity index (χ3v) is 18.7. The van der Waals surface area contributed by atoms with Gasteiger partial charge in [-0.3, -0.25) is 0 Å². The summed E-state index contributed by atoms with van der Waals surface area (Å²) in [6, 6.07) is 120. The van der Waals surface area contributed by atoms with Crippen molar-refractivity contribution < 1.29 is 0 Å². The highest BCUT2D eigenvalue weighted by atomic mass is 15.0. The van der Waals surface area contributed by atoms with Gasteiger partial charge in [0.2, 0.25) is 0 Å². The summed E-state index contributed by atoms with van der Waals surface area (Å²) >= 11 is 0. The average Bonchev–Trinajstić information content (AvgIpc) is 1.56. The number of hydrogen-bond acceptors (Lipinski definition) is 6. The summed E-state index contributed by atoms with van der Waals surface area (Å²) < 4.78 is 4.69. The van der Waals surface area contributed by atoms with E-state index >= 15 is 0 Å². The van der Waals surface area contributed by atoms with E-state index < -0.39 is 0 Å². The van der Waals surface area contributed by atoms with E-state index in [0.717, 1.165) is 150 Å². The molecule has 98 heavy (non-hydrogen) atoms. The van der Waals surface area contributed by atoms with Gasteiger partial charge in [0.1, 0.15) is 0 Å². The van der Waals surface area contributed by atoms with Gasteiger partial charge in [0, 0.05) is 49.4 Å². The molecule has 0 unspecified atom stereocenters. The van der Waals surface area contributed by atoms with Gasteiger partial charge in [-0.05, 0) is 158 Å². The zero-order valence-electron chi connectivity index (χ0n) is 52.8. The minimum Gasteiger partial charge on any atom is -0.309 e. The van der Waals surface area contributed by atoms with E-state index in [4.69, 9.17) is 15.0 Å². The molecule has 0 N–H and O–H groups in total. The van der Waals surface area contributed by atoms with Crippen LogP contribution >= 0.6 is 0 Å².